The fourth-order valence-electron chi connectivity index (χ4n) is 1.68. The van der Waals surface area contributed by atoms with Crippen LogP contribution in [0.2, 0.25) is 0 Å². The number of thioether (sulfide) groups is 1. The predicted octanol–water partition coefficient (Wildman–Crippen LogP) is 3.42. The average Bonchev–Trinajstić information content (AvgIpc) is 2.95. The number of hydrogen-bond donors (Lipinski definition) is 1. The van der Waals surface area contributed by atoms with Crippen molar-refractivity contribution in [1.29, 1.82) is 0 Å². The molecular weight excluding hydrogens is 290 g/mol. The summed E-state index contributed by atoms with van der Waals surface area (Å²) in [6.45, 7) is 0.606. The SMILES string of the molecule is CS/C=C\c1cccc(COCc2cc(C(=O)O)no2)c1. The lowest BCUT2D eigenvalue weighted by Crippen LogP contribution is -1.95. The number of rotatable bonds is 7. The van der Waals surface area contributed by atoms with Crippen molar-refractivity contribution < 1.29 is 19.2 Å². The van der Waals surface area contributed by atoms with Crippen LogP contribution in [-0.4, -0.2) is 22.5 Å². The zero-order valence-electron chi connectivity index (χ0n) is 11.5. The first-order chi connectivity index (χ1) is 10.2. The van der Waals surface area contributed by atoms with Crippen LogP contribution in [0.1, 0.15) is 27.4 Å². The normalized spacial score (nSPS) is 11.1. The summed E-state index contributed by atoms with van der Waals surface area (Å²) in [6.07, 6.45) is 4.04. The van der Waals surface area contributed by atoms with E-state index >= 15 is 0 Å². The summed E-state index contributed by atoms with van der Waals surface area (Å²) in [6, 6.07) is 9.36. The third-order valence-electron chi connectivity index (χ3n) is 2.64. The highest BCUT2D eigenvalue weighted by Gasteiger charge is 2.10. The number of benzene rings is 1. The summed E-state index contributed by atoms with van der Waals surface area (Å²) in [4.78, 5) is 10.7. The second-order valence-electron chi connectivity index (χ2n) is 4.26. The minimum Gasteiger partial charge on any atom is -0.476 e. The second-order valence-corrected chi connectivity index (χ2v) is 5.00. The van der Waals surface area contributed by atoms with E-state index in [1.54, 1.807) is 11.8 Å². The van der Waals surface area contributed by atoms with Crippen molar-refractivity contribution in [3.05, 3.63) is 58.3 Å². The average molecular weight is 305 g/mol. The maximum absolute atomic E-state index is 10.7. The zero-order valence-corrected chi connectivity index (χ0v) is 12.3. The molecule has 0 aliphatic rings. The van der Waals surface area contributed by atoms with Crippen LogP contribution in [0.3, 0.4) is 0 Å². The van der Waals surface area contributed by atoms with Crippen LogP contribution in [0.4, 0.5) is 0 Å². The van der Waals surface area contributed by atoms with Gasteiger partial charge in [0, 0.05) is 6.07 Å². The molecule has 0 aliphatic carbocycles. The van der Waals surface area contributed by atoms with E-state index in [4.69, 9.17) is 14.4 Å². The van der Waals surface area contributed by atoms with Crippen LogP contribution in [0.15, 0.2) is 40.3 Å². The molecular formula is C15H15NO4S. The summed E-state index contributed by atoms with van der Waals surface area (Å²) >= 11 is 1.64. The van der Waals surface area contributed by atoms with E-state index in [1.807, 2.05) is 42.0 Å². The number of aromatic carboxylic acids is 1. The van der Waals surface area contributed by atoms with E-state index in [0.717, 1.165) is 11.1 Å². The lowest BCUT2D eigenvalue weighted by molar-refractivity contribution is 0.0683. The minimum atomic E-state index is -1.11. The summed E-state index contributed by atoms with van der Waals surface area (Å²) in [5.41, 5.74) is 2.03. The van der Waals surface area contributed by atoms with Gasteiger partial charge in [-0.05, 0) is 34.9 Å². The van der Waals surface area contributed by atoms with Gasteiger partial charge in [-0.1, -0.05) is 23.4 Å². The van der Waals surface area contributed by atoms with Crippen molar-refractivity contribution in [2.75, 3.05) is 6.26 Å². The molecule has 2 aromatic rings. The van der Waals surface area contributed by atoms with Gasteiger partial charge in [0.1, 0.15) is 6.61 Å². The number of nitrogens with zero attached hydrogens (tertiary/aromatic N) is 1. The maximum Gasteiger partial charge on any atom is 0.358 e. The number of carboxylic acid groups (broad SMARTS) is 1. The predicted molar refractivity (Wildman–Crippen MR) is 80.9 cm³/mol. The van der Waals surface area contributed by atoms with E-state index in [1.165, 1.54) is 6.07 Å². The van der Waals surface area contributed by atoms with Gasteiger partial charge in [-0.15, -0.1) is 11.8 Å². The molecule has 1 heterocycles. The van der Waals surface area contributed by atoms with Gasteiger partial charge in [0.2, 0.25) is 0 Å². The first kappa shape index (κ1) is 15.3. The van der Waals surface area contributed by atoms with Gasteiger partial charge in [-0.3, -0.25) is 0 Å². The molecule has 110 valence electrons. The van der Waals surface area contributed by atoms with Crippen molar-refractivity contribution >= 4 is 23.8 Å². The smallest absolute Gasteiger partial charge is 0.358 e. The fraction of sp³-hybridized carbons (Fsp3) is 0.200. The monoisotopic (exact) mass is 305 g/mol. The van der Waals surface area contributed by atoms with Crippen molar-refractivity contribution in [3.8, 4) is 0 Å². The second kappa shape index (κ2) is 7.66. The topological polar surface area (TPSA) is 72.6 Å². The lowest BCUT2D eigenvalue weighted by Gasteiger charge is -2.03. The first-order valence-corrected chi connectivity index (χ1v) is 7.53. The highest BCUT2D eigenvalue weighted by Crippen LogP contribution is 2.12. The van der Waals surface area contributed by atoms with Gasteiger partial charge in [0.05, 0.1) is 6.61 Å². The number of hydrogen-bond acceptors (Lipinski definition) is 5. The molecule has 0 atom stereocenters. The van der Waals surface area contributed by atoms with Crippen LogP contribution in [0, 0.1) is 0 Å². The van der Waals surface area contributed by atoms with E-state index in [-0.39, 0.29) is 12.3 Å². The van der Waals surface area contributed by atoms with Crippen LogP contribution in [-0.2, 0) is 18.0 Å². The first-order valence-electron chi connectivity index (χ1n) is 6.24. The molecule has 0 saturated heterocycles. The lowest BCUT2D eigenvalue weighted by atomic mass is 10.1. The Morgan fingerprint density at radius 2 is 2.29 bits per heavy atom. The fourth-order valence-corrected chi connectivity index (χ4v) is 1.98. The van der Waals surface area contributed by atoms with E-state index < -0.39 is 5.97 Å². The van der Waals surface area contributed by atoms with Crippen molar-refractivity contribution in [2.45, 2.75) is 13.2 Å². The molecule has 5 nitrogen and oxygen atoms in total. The van der Waals surface area contributed by atoms with Crippen molar-refractivity contribution in [3.63, 3.8) is 0 Å². The summed E-state index contributed by atoms with van der Waals surface area (Å²) < 4.78 is 10.4. The van der Waals surface area contributed by atoms with Gasteiger partial charge < -0.3 is 14.4 Å². The molecule has 0 radical (unpaired) electrons. The Balaban J connectivity index is 1.87. The van der Waals surface area contributed by atoms with Crippen LogP contribution >= 0.6 is 11.8 Å². The highest BCUT2D eigenvalue weighted by molar-refractivity contribution is 8.01. The number of aromatic nitrogens is 1. The van der Waals surface area contributed by atoms with Crippen LogP contribution in [0.5, 0.6) is 0 Å². The summed E-state index contributed by atoms with van der Waals surface area (Å²) in [5.74, 6) is -0.718. The molecule has 0 bridgehead atoms. The molecule has 0 spiro atoms. The Bertz CT molecular complexity index is 636. The highest BCUT2D eigenvalue weighted by atomic mass is 32.2. The molecule has 0 unspecified atom stereocenters. The van der Waals surface area contributed by atoms with E-state index in [0.29, 0.717) is 12.4 Å². The minimum absolute atomic E-state index is 0.113. The largest absolute Gasteiger partial charge is 0.476 e. The Kier molecular flexibility index (Phi) is 5.59. The Morgan fingerprint density at radius 3 is 3.00 bits per heavy atom. The molecule has 21 heavy (non-hydrogen) atoms. The number of carbonyl (C=O) groups is 1. The molecule has 0 amide bonds. The van der Waals surface area contributed by atoms with E-state index in [2.05, 4.69) is 5.16 Å². The summed E-state index contributed by atoms with van der Waals surface area (Å²) in [5, 5.41) is 14.2. The third-order valence-corrected chi connectivity index (χ3v) is 3.05. The van der Waals surface area contributed by atoms with Gasteiger partial charge >= 0.3 is 5.97 Å². The molecule has 1 aromatic carbocycles. The zero-order chi connectivity index (χ0) is 15.1. The van der Waals surface area contributed by atoms with Crippen molar-refractivity contribution in [1.82, 2.24) is 5.16 Å². The van der Waals surface area contributed by atoms with Gasteiger partial charge in [0.15, 0.2) is 11.5 Å². The molecule has 6 heteroatoms. The molecule has 1 N–H and O–H groups in total. The van der Waals surface area contributed by atoms with E-state index in [9.17, 15) is 4.79 Å². The van der Waals surface area contributed by atoms with Crippen LogP contribution in [0.25, 0.3) is 6.08 Å². The molecule has 0 aliphatic heterocycles. The maximum atomic E-state index is 10.7. The Morgan fingerprint density at radius 1 is 1.43 bits per heavy atom. The molecule has 0 fully saturated rings. The van der Waals surface area contributed by atoms with Crippen molar-refractivity contribution in [2.24, 2.45) is 0 Å². The van der Waals surface area contributed by atoms with Crippen LogP contribution < -0.4 is 0 Å². The molecule has 0 saturated carbocycles. The number of ether oxygens (including phenoxy) is 1. The van der Waals surface area contributed by atoms with Gasteiger partial charge in [0.25, 0.3) is 0 Å². The Hall–Kier alpha value is -2.05. The quantitative estimate of drug-likeness (QED) is 0.845. The van der Waals surface area contributed by atoms with Gasteiger partial charge in [-0.2, -0.15) is 0 Å². The third kappa shape index (κ3) is 4.77. The van der Waals surface area contributed by atoms with Gasteiger partial charge in [-0.25, -0.2) is 4.79 Å². The summed E-state index contributed by atoms with van der Waals surface area (Å²) in [7, 11) is 0. The standard InChI is InChI=1S/C15H15NO4S/c1-21-6-5-11-3-2-4-12(7-11)9-19-10-13-8-14(15(17)18)16-20-13/h2-8H,9-10H2,1H3,(H,17,18)/b6-5-. The molecule has 1 aromatic heterocycles. The number of carboxylic acids is 1. The Labute approximate surface area is 126 Å². The molecule has 2 rings (SSSR count).